The van der Waals surface area contributed by atoms with E-state index < -0.39 is 12.1 Å². The maximum absolute atomic E-state index is 9.63. The second-order valence-corrected chi connectivity index (χ2v) is 3.06. The average molecular weight is 197 g/mol. The van der Waals surface area contributed by atoms with E-state index in [1.54, 1.807) is 31.4 Å². The fourth-order valence-electron chi connectivity index (χ4n) is 1.15. The first-order valence-electron chi connectivity index (χ1n) is 4.37. The van der Waals surface area contributed by atoms with Crippen LogP contribution in [0.5, 0.6) is 5.75 Å². The Hall–Kier alpha value is -1.10. The van der Waals surface area contributed by atoms with Crippen molar-refractivity contribution in [2.45, 2.75) is 12.1 Å². The van der Waals surface area contributed by atoms with Crippen molar-refractivity contribution in [1.29, 1.82) is 0 Å². The van der Waals surface area contributed by atoms with E-state index in [9.17, 15) is 5.11 Å². The van der Waals surface area contributed by atoms with Crippen LogP contribution in [-0.2, 0) is 0 Å². The van der Waals surface area contributed by atoms with Crippen LogP contribution in [0.1, 0.15) is 11.7 Å². The molecule has 0 bridgehead atoms. The van der Waals surface area contributed by atoms with Crippen LogP contribution in [0.2, 0.25) is 0 Å². The van der Waals surface area contributed by atoms with Gasteiger partial charge < -0.3 is 20.7 Å². The third kappa shape index (κ3) is 2.45. The first-order chi connectivity index (χ1) is 6.69. The van der Waals surface area contributed by atoms with Gasteiger partial charge in [0.1, 0.15) is 5.75 Å². The minimum absolute atomic E-state index is 0.243. The molecule has 0 aliphatic heterocycles. The molecule has 4 N–H and O–H groups in total. The Balaban J connectivity index is 2.75. The molecule has 4 heteroatoms. The molecule has 2 unspecified atom stereocenters. The van der Waals surface area contributed by atoms with E-state index >= 15 is 0 Å². The molecule has 0 radical (unpaired) electrons. The van der Waals surface area contributed by atoms with Gasteiger partial charge in [-0.05, 0) is 17.7 Å². The number of aliphatic hydroxyl groups is 2. The monoisotopic (exact) mass is 197 g/mol. The molecular weight excluding hydrogens is 182 g/mol. The maximum Gasteiger partial charge on any atom is 0.118 e. The summed E-state index contributed by atoms with van der Waals surface area (Å²) in [6.07, 6.45) is -0.842. The lowest BCUT2D eigenvalue weighted by Gasteiger charge is -2.16. The zero-order valence-corrected chi connectivity index (χ0v) is 8.05. The highest BCUT2D eigenvalue weighted by molar-refractivity contribution is 5.28. The van der Waals surface area contributed by atoms with Gasteiger partial charge in [0.15, 0.2) is 0 Å². The second-order valence-electron chi connectivity index (χ2n) is 3.06. The molecule has 0 amide bonds. The summed E-state index contributed by atoms with van der Waals surface area (Å²) in [5.41, 5.74) is 6.16. The molecule has 78 valence electrons. The molecular formula is C10H15NO3. The quantitative estimate of drug-likeness (QED) is 0.637. The molecule has 14 heavy (non-hydrogen) atoms. The Morgan fingerprint density at radius 1 is 1.36 bits per heavy atom. The van der Waals surface area contributed by atoms with Gasteiger partial charge in [-0.2, -0.15) is 0 Å². The number of methoxy groups -OCH3 is 1. The van der Waals surface area contributed by atoms with Gasteiger partial charge in [-0.3, -0.25) is 0 Å². The lowest BCUT2D eigenvalue weighted by Crippen LogP contribution is -2.31. The van der Waals surface area contributed by atoms with E-state index in [4.69, 9.17) is 15.6 Å². The van der Waals surface area contributed by atoms with Gasteiger partial charge in [-0.15, -0.1) is 0 Å². The Morgan fingerprint density at radius 2 is 1.93 bits per heavy atom. The summed E-state index contributed by atoms with van der Waals surface area (Å²) in [5.74, 6) is 0.721. The Morgan fingerprint density at radius 3 is 2.36 bits per heavy atom. The van der Waals surface area contributed by atoms with E-state index in [0.717, 1.165) is 5.75 Å². The molecule has 1 rings (SSSR count). The topological polar surface area (TPSA) is 75.7 Å². The highest BCUT2D eigenvalue weighted by atomic mass is 16.5. The number of hydrogen-bond acceptors (Lipinski definition) is 4. The first-order valence-corrected chi connectivity index (χ1v) is 4.37. The zero-order chi connectivity index (χ0) is 10.6. The van der Waals surface area contributed by atoms with Crippen molar-refractivity contribution in [3.63, 3.8) is 0 Å². The largest absolute Gasteiger partial charge is 0.497 e. The lowest BCUT2D eigenvalue weighted by molar-refractivity contribution is 0.109. The van der Waals surface area contributed by atoms with Crippen LogP contribution in [0.25, 0.3) is 0 Å². The molecule has 0 aromatic heterocycles. The highest BCUT2D eigenvalue weighted by Crippen LogP contribution is 2.19. The van der Waals surface area contributed by atoms with Gasteiger partial charge in [0.05, 0.1) is 25.9 Å². The van der Waals surface area contributed by atoms with E-state index in [2.05, 4.69) is 0 Å². The predicted octanol–water partition coefficient (Wildman–Crippen LogP) is 0.0482. The molecule has 4 nitrogen and oxygen atoms in total. The SMILES string of the molecule is COc1ccc(C(O)C(N)CO)cc1. The van der Waals surface area contributed by atoms with Crippen LogP contribution in [0.3, 0.4) is 0 Å². The standard InChI is InChI=1S/C10H15NO3/c1-14-8-4-2-7(3-5-8)10(13)9(11)6-12/h2-5,9-10,12-13H,6,11H2,1H3. The summed E-state index contributed by atoms with van der Waals surface area (Å²) in [6, 6.07) is 6.27. The van der Waals surface area contributed by atoms with Crippen molar-refractivity contribution < 1.29 is 14.9 Å². The fraction of sp³-hybridized carbons (Fsp3) is 0.400. The summed E-state index contributed by atoms with van der Waals surface area (Å²) < 4.78 is 4.97. The number of nitrogens with two attached hydrogens (primary N) is 1. The lowest BCUT2D eigenvalue weighted by atomic mass is 10.0. The summed E-state index contributed by atoms with van der Waals surface area (Å²) in [4.78, 5) is 0. The van der Waals surface area contributed by atoms with E-state index in [-0.39, 0.29) is 6.61 Å². The minimum Gasteiger partial charge on any atom is -0.497 e. The van der Waals surface area contributed by atoms with Crippen molar-refractivity contribution in [3.8, 4) is 5.75 Å². The third-order valence-electron chi connectivity index (χ3n) is 2.07. The highest BCUT2D eigenvalue weighted by Gasteiger charge is 2.15. The van der Waals surface area contributed by atoms with Crippen molar-refractivity contribution in [2.75, 3.05) is 13.7 Å². The van der Waals surface area contributed by atoms with Crippen LogP contribution in [0, 0.1) is 0 Å². The second kappa shape index (κ2) is 4.95. The molecule has 1 aromatic rings. The van der Waals surface area contributed by atoms with Crippen LogP contribution in [0.15, 0.2) is 24.3 Å². The number of rotatable bonds is 4. The molecule has 0 aliphatic carbocycles. The summed E-state index contributed by atoms with van der Waals surface area (Å²) in [7, 11) is 1.57. The summed E-state index contributed by atoms with van der Waals surface area (Å²) >= 11 is 0. The Bertz CT molecular complexity index is 273. The molecule has 0 saturated carbocycles. The average Bonchev–Trinajstić information content (AvgIpc) is 2.27. The smallest absolute Gasteiger partial charge is 0.118 e. The first kappa shape index (κ1) is 11.0. The molecule has 0 fully saturated rings. The van der Waals surface area contributed by atoms with E-state index in [1.807, 2.05) is 0 Å². The minimum atomic E-state index is -0.842. The van der Waals surface area contributed by atoms with Crippen molar-refractivity contribution in [3.05, 3.63) is 29.8 Å². The molecule has 2 atom stereocenters. The summed E-state index contributed by atoms with van der Waals surface area (Å²) in [6.45, 7) is -0.243. The normalized spacial score (nSPS) is 14.9. The van der Waals surface area contributed by atoms with Gasteiger partial charge >= 0.3 is 0 Å². The van der Waals surface area contributed by atoms with Gasteiger partial charge in [0.2, 0.25) is 0 Å². The van der Waals surface area contributed by atoms with Crippen LogP contribution in [-0.4, -0.2) is 30.0 Å². The molecule has 0 heterocycles. The third-order valence-corrected chi connectivity index (χ3v) is 2.07. The van der Waals surface area contributed by atoms with Crippen LogP contribution in [0.4, 0.5) is 0 Å². The number of benzene rings is 1. The predicted molar refractivity (Wildman–Crippen MR) is 53.0 cm³/mol. The van der Waals surface area contributed by atoms with Crippen molar-refractivity contribution in [2.24, 2.45) is 5.73 Å². The fourth-order valence-corrected chi connectivity index (χ4v) is 1.15. The van der Waals surface area contributed by atoms with Gasteiger partial charge in [-0.25, -0.2) is 0 Å². The Kier molecular flexibility index (Phi) is 3.88. The number of aliphatic hydroxyl groups excluding tert-OH is 2. The van der Waals surface area contributed by atoms with Gasteiger partial charge in [0, 0.05) is 0 Å². The van der Waals surface area contributed by atoms with Crippen molar-refractivity contribution in [1.82, 2.24) is 0 Å². The van der Waals surface area contributed by atoms with E-state index in [1.165, 1.54) is 0 Å². The van der Waals surface area contributed by atoms with Crippen LogP contribution >= 0.6 is 0 Å². The van der Waals surface area contributed by atoms with E-state index in [0.29, 0.717) is 5.56 Å². The van der Waals surface area contributed by atoms with Crippen LogP contribution < -0.4 is 10.5 Å². The zero-order valence-electron chi connectivity index (χ0n) is 8.05. The number of ether oxygens (including phenoxy) is 1. The van der Waals surface area contributed by atoms with Gasteiger partial charge in [0.25, 0.3) is 0 Å². The Labute approximate surface area is 82.9 Å². The van der Waals surface area contributed by atoms with Gasteiger partial charge in [-0.1, -0.05) is 12.1 Å². The molecule has 0 saturated heterocycles. The number of hydrogen-bond donors (Lipinski definition) is 3. The molecule has 1 aromatic carbocycles. The molecule has 0 aliphatic rings. The molecule has 0 spiro atoms. The summed E-state index contributed by atoms with van der Waals surface area (Å²) in [5, 5.41) is 18.4. The maximum atomic E-state index is 9.63. The van der Waals surface area contributed by atoms with Crippen molar-refractivity contribution >= 4 is 0 Å².